The highest BCUT2D eigenvalue weighted by atomic mass is 16.5. The van der Waals surface area contributed by atoms with Gasteiger partial charge in [-0.1, -0.05) is 51.9 Å². The molecule has 1 heterocycles. The first-order chi connectivity index (χ1) is 9.74. The molecule has 0 aromatic rings. The summed E-state index contributed by atoms with van der Waals surface area (Å²) < 4.78 is 5.35. The van der Waals surface area contributed by atoms with Crippen LogP contribution in [0.3, 0.4) is 0 Å². The van der Waals surface area contributed by atoms with Gasteiger partial charge in [0.25, 0.3) is 0 Å². The Labute approximate surface area is 123 Å². The smallest absolute Gasteiger partial charge is 0.304 e. The summed E-state index contributed by atoms with van der Waals surface area (Å²) >= 11 is 0. The Kier molecular flexibility index (Phi) is 9.67. The molecule has 0 aliphatic carbocycles. The Morgan fingerprint density at radius 3 is 2.30 bits per heavy atom. The van der Waals surface area contributed by atoms with Gasteiger partial charge in [0.15, 0.2) is 0 Å². The van der Waals surface area contributed by atoms with Crippen LogP contribution in [0.5, 0.6) is 0 Å². The minimum atomic E-state index is -0.676. The third-order valence-electron chi connectivity index (χ3n) is 4.11. The number of carboxylic acid groups (broad SMARTS) is 1. The van der Waals surface area contributed by atoms with Gasteiger partial charge in [-0.25, -0.2) is 0 Å². The summed E-state index contributed by atoms with van der Waals surface area (Å²) in [5.41, 5.74) is 0. The summed E-state index contributed by atoms with van der Waals surface area (Å²) in [6.07, 6.45) is 10.3. The normalized spacial score (nSPS) is 18.1. The number of carbonyl (C=O) groups is 1. The van der Waals surface area contributed by atoms with E-state index in [4.69, 9.17) is 9.84 Å². The molecule has 1 N–H and O–H groups in total. The molecule has 1 aliphatic heterocycles. The average Bonchev–Trinajstić information content (AvgIpc) is 2.45. The van der Waals surface area contributed by atoms with Crippen LogP contribution >= 0.6 is 0 Å². The van der Waals surface area contributed by atoms with E-state index in [-0.39, 0.29) is 12.5 Å². The van der Waals surface area contributed by atoms with Crippen molar-refractivity contribution in [3.05, 3.63) is 0 Å². The molecule has 1 atom stereocenters. The Morgan fingerprint density at radius 2 is 1.70 bits per heavy atom. The van der Waals surface area contributed by atoms with Gasteiger partial charge >= 0.3 is 5.97 Å². The third kappa shape index (κ3) is 7.85. The fraction of sp³-hybridized carbons (Fsp3) is 0.938. The van der Waals surface area contributed by atoms with Gasteiger partial charge in [0, 0.05) is 19.1 Å². The van der Waals surface area contributed by atoms with Crippen LogP contribution in [0.25, 0.3) is 0 Å². The molecule has 1 rings (SSSR count). The van der Waals surface area contributed by atoms with Gasteiger partial charge in [-0.2, -0.15) is 0 Å². The lowest BCUT2D eigenvalue weighted by molar-refractivity contribution is -0.139. The van der Waals surface area contributed by atoms with Crippen LogP contribution in [-0.2, 0) is 9.53 Å². The highest BCUT2D eigenvalue weighted by molar-refractivity contribution is 5.67. The third-order valence-corrected chi connectivity index (χ3v) is 4.11. The van der Waals surface area contributed by atoms with Crippen molar-refractivity contribution in [1.82, 2.24) is 4.90 Å². The number of hydrogen-bond acceptors (Lipinski definition) is 3. The summed E-state index contributed by atoms with van der Waals surface area (Å²) in [7, 11) is 0. The van der Waals surface area contributed by atoms with Gasteiger partial charge in [0.1, 0.15) is 0 Å². The van der Waals surface area contributed by atoms with E-state index in [0.29, 0.717) is 0 Å². The Hall–Kier alpha value is -0.610. The van der Waals surface area contributed by atoms with Crippen molar-refractivity contribution >= 4 is 5.97 Å². The highest BCUT2D eigenvalue weighted by Gasteiger charge is 2.22. The molecule has 118 valence electrons. The van der Waals surface area contributed by atoms with E-state index in [1.165, 1.54) is 38.5 Å². The fourth-order valence-electron chi connectivity index (χ4n) is 2.89. The first-order valence-electron chi connectivity index (χ1n) is 8.27. The van der Waals surface area contributed by atoms with Crippen LogP contribution in [0.1, 0.15) is 64.7 Å². The number of aliphatic carboxylic acids is 1. The maximum atomic E-state index is 11.0. The van der Waals surface area contributed by atoms with Gasteiger partial charge in [-0.15, -0.1) is 0 Å². The second-order valence-electron chi connectivity index (χ2n) is 5.81. The molecular formula is C16H31NO3. The number of nitrogens with zero attached hydrogens (tertiary/aromatic N) is 1. The molecule has 4 nitrogen and oxygen atoms in total. The van der Waals surface area contributed by atoms with E-state index < -0.39 is 5.97 Å². The van der Waals surface area contributed by atoms with Crippen molar-refractivity contribution in [2.75, 3.05) is 26.3 Å². The number of unbranched alkanes of at least 4 members (excludes halogenated alkanes) is 6. The number of ether oxygens (including phenoxy) is 1. The van der Waals surface area contributed by atoms with Crippen LogP contribution in [-0.4, -0.2) is 48.3 Å². The number of rotatable bonds is 11. The van der Waals surface area contributed by atoms with E-state index in [1.807, 2.05) is 0 Å². The molecule has 1 fully saturated rings. The Balaban J connectivity index is 2.17. The van der Waals surface area contributed by atoms with Crippen LogP contribution in [0.4, 0.5) is 0 Å². The maximum Gasteiger partial charge on any atom is 0.304 e. The summed E-state index contributed by atoms with van der Waals surface area (Å²) in [6, 6.07) is 0.201. The van der Waals surface area contributed by atoms with Gasteiger partial charge in [0.05, 0.1) is 19.6 Å². The van der Waals surface area contributed by atoms with E-state index in [2.05, 4.69) is 11.8 Å². The van der Waals surface area contributed by atoms with Gasteiger partial charge in [-0.3, -0.25) is 9.69 Å². The highest BCUT2D eigenvalue weighted by Crippen LogP contribution is 2.16. The summed E-state index contributed by atoms with van der Waals surface area (Å²) in [5, 5.41) is 9.06. The molecule has 1 aliphatic rings. The molecule has 0 aromatic carbocycles. The van der Waals surface area contributed by atoms with Crippen LogP contribution in [0, 0.1) is 0 Å². The second kappa shape index (κ2) is 11.1. The Bertz CT molecular complexity index is 252. The molecule has 0 radical (unpaired) electrons. The zero-order chi connectivity index (χ0) is 14.6. The number of hydrogen-bond donors (Lipinski definition) is 1. The summed E-state index contributed by atoms with van der Waals surface area (Å²) in [5.74, 6) is -0.676. The van der Waals surface area contributed by atoms with Gasteiger partial charge < -0.3 is 9.84 Å². The monoisotopic (exact) mass is 285 g/mol. The first-order valence-corrected chi connectivity index (χ1v) is 8.27. The molecule has 0 saturated carbocycles. The van der Waals surface area contributed by atoms with Crippen molar-refractivity contribution in [3.8, 4) is 0 Å². The van der Waals surface area contributed by atoms with Crippen molar-refractivity contribution in [1.29, 1.82) is 0 Å². The molecular weight excluding hydrogens is 254 g/mol. The molecule has 4 heteroatoms. The molecule has 1 unspecified atom stereocenters. The quantitative estimate of drug-likeness (QED) is 0.592. The van der Waals surface area contributed by atoms with Crippen LogP contribution < -0.4 is 0 Å². The van der Waals surface area contributed by atoms with Gasteiger partial charge in [-0.05, 0) is 6.42 Å². The minimum absolute atomic E-state index is 0.201. The van der Waals surface area contributed by atoms with E-state index in [0.717, 1.165) is 39.1 Å². The van der Waals surface area contributed by atoms with E-state index in [1.54, 1.807) is 0 Å². The summed E-state index contributed by atoms with van der Waals surface area (Å²) in [4.78, 5) is 13.3. The fourth-order valence-corrected chi connectivity index (χ4v) is 2.89. The maximum absolute atomic E-state index is 11.0. The molecule has 0 spiro atoms. The molecule has 0 aromatic heterocycles. The predicted octanol–water partition coefficient (Wildman–Crippen LogP) is 3.30. The minimum Gasteiger partial charge on any atom is -0.481 e. The van der Waals surface area contributed by atoms with Crippen molar-refractivity contribution in [2.45, 2.75) is 70.8 Å². The van der Waals surface area contributed by atoms with E-state index in [9.17, 15) is 4.79 Å². The zero-order valence-corrected chi connectivity index (χ0v) is 13.0. The molecule has 20 heavy (non-hydrogen) atoms. The van der Waals surface area contributed by atoms with E-state index >= 15 is 0 Å². The van der Waals surface area contributed by atoms with Crippen molar-refractivity contribution < 1.29 is 14.6 Å². The molecule has 0 bridgehead atoms. The standard InChI is InChI=1S/C16H31NO3/c1-2-3-4-5-6-7-8-9-15(14-16(18)19)17-10-12-20-13-11-17/h15H,2-14H2,1H3,(H,18,19). The number of carboxylic acids is 1. The number of morpholine rings is 1. The van der Waals surface area contributed by atoms with Crippen LogP contribution in [0.15, 0.2) is 0 Å². The lowest BCUT2D eigenvalue weighted by Gasteiger charge is -2.33. The zero-order valence-electron chi connectivity index (χ0n) is 13.0. The summed E-state index contributed by atoms with van der Waals surface area (Å²) in [6.45, 7) is 5.49. The topological polar surface area (TPSA) is 49.8 Å². The largest absolute Gasteiger partial charge is 0.481 e. The first kappa shape index (κ1) is 17.4. The lowest BCUT2D eigenvalue weighted by Crippen LogP contribution is -2.44. The average molecular weight is 285 g/mol. The SMILES string of the molecule is CCCCCCCCCC(CC(=O)O)N1CCOCC1. The predicted molar refractivity (Wildman–Crippen MR) is 81.0 cm³/mol. The molecule has 0 amide bonds. The van der Waals surface area contributed by atoms with Crippen molar-refractivity contribution in [3.63, 3.8) is 0 Å². The van der Waals surface area contributed by atoms with Crippen LogP contribution in [0.2, 0.25) is 0 Å². The molecule has 1 saturated heterocycles. The second-order valence-corrected chi connectivity index (χ2v) is 5.81. The lowest BCUT2D eigenvalue weighted by atomic mass is 10.0. The van der Waals surface area contributed by atoms with Gasteiger partial charge in [0.2, 0.25) is 0 Å². The Morgan fingerprint density at radius 1 is 1.10 bits per heavy atom. The van der Waals surface area contributed by atoms with Crippen molar-refractivity contribution in [2.24, 2.45) is 0 Å².